The third-order valence-corrected chi connectivity index (χ3v) is 4.63. The molecule has 2 aromatic heterocycles. The Morgan fingerprint density at radius 2 is 2.16 bits per heavy atom. The fourth-order valence-electron chi connectivity index (χ4n) is 1.47. The number of methoxy groups -OCH3 is 1. The van der Waals surface area contributed by atoms with E-state index in [9.17, 15) is 8.42 Å². The van der Waals surface area contributed by atoms with E-state index in [0.29, 0.717) is 21.6 Å². The van der Waals surface area contributed by atoms with E-state index in [1.54, 1.807) is 12.1 Å². The van der Waals surface area contributed by atoms with E-state index >= 15 is 0 Å². The third kappa shape index (κ3) is 3.26. The minimum Gasteiger partial charge on any atom is -0.383 e. The number of hydrogen-bond acceptors (Lipinski definition) is 6. The largest absolute Gasteiger partial charge is 0.383 e. The Morgan fingerprint density at radius 1 is 1.42 bits per heavy atom. The van der Waals surface area contributed by atoms with Gasteiger partial charge in [-0.05, 0) is 12.1 Å². The fraction of sp³-hybridized carbons (Fsp3) is 0.333. The zero-order valence-corrected chi connectivity index (χ0v) is 12.9. The molecule has 0 atom stereocenters. The van der Waals surface area contributed by atoms with Gasteiger partial charge in [-0.15, -0.1) is 21.5 Å². The van der Waals surface area contributed by atoms with Gasteiger partial charge in [0.05, 0.1) is 22.4 Å². The molecule has 2 rings (SSSR count). The summed E-state index contributed by atoms with van der Waals surface area (Å²) in [5.74, 6) is 0.396. The van der Waals surface area contributed by atoms with Crippen LogP contribution in [-0.4, -0.2) is 36.9 Å². The molecule has 0 aliphatic rings. The van der Waals surface area contributed by atoms with E-state index in [1.165, 1.54) is 23.0 Å². The highest BCUT2D eigenvalue weighted by Crippen LogP contribution is 2.31. The summed E-state index contributed by atoms with van der Waals surface area (Å²) in [6.07, 6.45) is 0. The summed E-state index contributed by atoms with van der Waals surface area (Å²) in [4.78, 5) is 0.708. The van der Waals surface area contributed by atoms with E-state index in [4.69, 9.17) is 27.0 Å². The molecule has 0 spiro atoms. The van der Waals surface area contributed by atoms with E-state index in [2.05, 4.69) is 10.2 Å². The molecule has 0 unspecified atom stereocenters. The molecular weight excluding hydrogens is 333 g/mol. The summed E-state index contributed by atoms with van der Waals surface area (Å²) >= 11 is 7.13. The fourth-order valence-corrected chi connectivity index (χ4v) is 3.43. The van der Waals surface area contributed by atoms with Crippen LogP contribution in [0.2, 0.25) is 4.34 Å². The van der Waals surface area contributed by atoms with Gasteiger partial charge in [0.25, 0.3) is 14.2 Å². The second-order valence-corrected chi connectivity index (χ2v) is 7.67. The lowest BCUT2D eigenvalue weighted by atomic mass is 10.4. The predicted molar refractivity (Wildman–Crippen MR) is 73.3 cm³/mol. The number of rotatable bonds is 5. The molecule has 104 valence electrons. The van der Waals surface area contributed by atoms with Crippen molar-refractivity contribution in [3.05, 3.63) is 16.5 Å². The number of thiophene rings is 1. The van der Waals surface area contributed by atoms with E-state index in [1.807, 2.05) is 0 Å². The Bertz CT molecular complexity index is 681. The molecule has 0 N–H and O–H groups in total. The first-order valence-electron chi connectivity index (χ1n) is 5.06. The SMILES string of the molecule is COCCn1c(-c2ccc(Cl)s2)nnc1S(=O)(=O)Cl. The molecule has 0 fully saturated rings. The third-order valence-electron chi connectivity index (χ3n) is 2.25. The Kier molecular flexibility index (Phi) is 4.46. The van der Waals surface area contributed by atoms with Crippen molar-refractivity contribution >= 4 is 42.7 Å². The van der Waals surface area contributed by atoms with Crippen molar-refractivity contribution in [2.75, 3.05) is 13.7 Å². The van der Waals surface area contributed by atoms with E-state index in [0.717, 1.165) is 0 Å². The standard InChI is InChI=1S/C9H9Cl2N3O3S2/c1-17-5-4-14-8(6-2-3-7(10)18-6)12-13-9(14)19(11,15)16/h2-3H,4-5H2,1H3. The lowest BCUT2D eigenvalue weighted by Crippen LogP contribution is -2.11. The number of hydrogen-bond donors (Lipinski definition) is 0. The molecule has 0 saturated carbocycles. The summed E-state index contributed by atoms with van der Waals surface area (Å²) in [5, 5.41) is 7.19. The highest BCUT2D eigenvalue weighted by molar-refractivity contribution is 8.13. The van der Waals surface area contributed by atoms with Crippen LogP contribution in [0.5, 0.6) is 0 Å². The predicted octanol–water partition coefficient (Wildman–Crippen LogP) is 2.23. The average molecular weight is 342 g/mol. The molecule has 6 nitrogen and oxygen atoms in total. The minimum absolute atomic E-state index is 0.273. The van der Waals surface area contributed by atoms with Crippen molar-refractivity contribution in [2.24, 2.45) is 0 Å². The molecule has 0 amide bonds. The Morgan fingerprint density at radius 3 is 2.68 bits per heavy atom. The molecule has 0 aliphatic carbocycles. The van der Waals surface area contributed by atoms with Crippen molar-refractivity contribution in [2.45, 2.75) is 11.7 Å². The molecule has 0 radical (unpaired) electrons. The molecule has 0 bridgehead atoms. The van der Waals surface area contributed by atoms with Gasteiger partial charge in [0, 0.05) is 17.8 Å². The topological polar surface area (TPSA) is 74.1 Å². The van der Waals surface area contributed by atoms with Crippen molar-refractivity contribution in [3.8, 4) is 10.7 Å². The maximum atomic E-state index is 11.4. The molecule has 2 aromatic rings. The van der Waals surface area contributed by atoms with Crippen LogP contribution in [0.4, 0.5) is 0 Å². The Labute approximate surface area is 123 Å². The van der Waals surface area contributed by atoms with Gasteiger partial charge in [0.15, 0.2) is 5.82 Å². The van der Waals surface area contributed by atoms with Crippen molar-refractivity contribution in [1.29, 1.82) is 0 Å². The van der Waals surface area contributed by atoms with Crippen LogP contribution in [0.1, 0.15) is 0 Å². The zero-order chi connectivity index (χ0) is 14.0. The van der Waals surface area contributed by atoms with Crippen LogP contribution in [0.3, 0.4) is 0 Å². The van der Waals surface area contributed by atoms with Crippen LogP contribution >= 0.6 is 33.6 Å². The number of aromatic nitrogens is 3. The summed E-state index contributed by atoms with van der Waals surface area (Å²) < 4.78 is 29.8. The van der Waals surface area contributed by atoms with Crippen molar-refractivity contribution < 1.29 is 13.2 Å². The number of halogens is 2. The molecule has 2 heterocycles. The first kappa shape index (κ1) is 14.7. The van der Waals surface area contributed by atoms with Gasteiger partial charge < -0.3 is 4.74 Å². The summed E-state index contributed by atoms with van der Waals surface area (Å²) in [6, 6.07) is 3.44. The first-order valence-corrected chi connectivity index (χ1v) is 8.56. The van der Waals surface area contributed by atoms with Crippen LogP contribution in [0, 0.1) is 0 Å². The van der Waals surface area contributed by atoms with Crippen LogP contribution in [-0.2, 0) is 20.3 Å². The van der Waals surface area contributed by atoms with Crippen molar-refractivity contribution in [1.82, 2.24) is 14.8 Å². The lowest BCUT2D eigenvalue weighted by Gasteiger charge is -2.06. The van der Waals surface area contributed by atoms with Gasteiger partial charge in [-0.3, -0.25) is 4.57 Å². The molecule has 19 heavy (non-hydrogen) atoms. The maximum Gasteiger partial charge on any atom is 0.296 e. The minimum atomic E-state index is -3.97. The highest BCUT2D eigenvalue weighted by Gasteiger charge is 2.23. The molecule has 0 aliphatic heterocycles. The van der Waals surface area contributed by atoms with E-state index in [-0.39, 0.29) is 11.7 Å². The quantitative estimate of drug-likeness (QED) is 0.779. The average Bonchev–Trinajstić information content (AvgIpc) is 2.91. The molecular formula is C9H9Cl2N3O3S2. The van der Waals surface area contributed by atoms with Crippen LogP contribution in [0.25, 0.3) is 10.7 Å². The normalized spacial score (nSPS) is 11.9. The first-order chi connectivity index (χ1) is 8.93. The number of ether oxygens (including phenoxy) is 1. The number of nitrogens with zero attached hydrogens (tertiary/aromatic N) is 3. The van der Waals surface area contributed by atoms with Gasteiger partial charge in [0.2, 0.25) is 0 Å². The molecule has 0 aromatic carbocycles. The van der Waals surface area contributed by atoms with Crippen LogP contribution < -0.4 is 0 Å². The summed E-state index contributed by atoms with van der Waals surface area (Å²) in [7, 11) is 2.88. The molecule has 0 saturated heterocycles. The Balaban J connectivity index is 2.52. The lowest BCUT2D eigenvalue weighted by molar-refractivity contribution is 0.185. The van der Waals surface area contributed by atoms with Gasteiger partial charge >= 0.3 is 0 Å². The summed E-state index contributed by atoms with van der Waals surface area (Å²) in [6.45, 7) is 0.583. The van der Waals surface area contributed by atoms with Crippen LogP contribution in [0.15, 0.2) is 17.3 Å². The smallest absolute Gasteiger partial charge is 0.296 e. The Hall–Kier alpha value is -0.670. The maximum absolute atomic E-state index is 11.4. The van der Waals surface area contributed by atoms with Gasteiger partial charge in [0.1, 0.15) is 0 Å². The van der Waals surface area contributed by atoms with Gasteiger partial charge in [-0.2, -0.15) is 0 Å². The highest BCUT2D eigenvalue weighted by atomic mass is 35.7. The van der Waals surface area contributed by atoms with Crippen molar-refractivity contribution in [3.63, 3.8) is 0 Å². The second-order valence-electron chi connectivity index (χ2n) is 3.49. The van der Waals surface area contributed by atoms with Gasteiger partial charge in [-0.25, -0.2) is 8.42 Å². The second kappa shape index (κ2) is 5.76. The molecule has 10 heteroatoms. The van der Waals surface area contributed by atoms with Gasteiger partial charge in [-0.1, -0.05) is 11.6 Å². The van der Waals surface area contributed by atoms with E-state index < -0.39 is 9.05 Å². The summed E-state index contributed by atoms with van der Waals surface area (Å²) in [5.41, 5.74) is 0. The zero-order valence-electron chi connectivity index (χ0n) is 9.71. The monoisotopic (exact) mass is 341 g/mol.